The maximum Gasteiger partial charge on any atom is 0.326 e. The van der Waals surface area contributed by atoms with E-state index in [1.165, 1.54) is 4.90 Å². The van der Waals surface area contributed by atoms with Crippen LogP contribution >= 0.6 is 0 Å². The third-order valence-corrected chi connectivity index (χ3v) is 5.28. The van der Waals surface area contributed by atoms with E-state index in [4.69, 9.17) is 4.42 Å². The molecule has 0 fully saturated rings. The van der Waals surface area contributed by atoms with Gasteiger partial charge in [-0.15, -0.1) is 0 Å². The highest BCUT2D eigenvalue weighted by Crippen LogP contribution is 2.26. The number of amides is 1. The maximum atomic E-state index is 12.9. The number of hydrogen-bond acceptors (Lipinski definition) is 4. The molecule has 0 spiro atoms. The van der Waals surface area contributed by atoms with E-state index in [1.54, 1.807) is 0 Å². The van der Waals surface area contributed by atoms with Crippen molar-refractivity contribution in [2.24, 2.45) is 0 Å². The van der Waals surface area contributed by atoms with Gasteiger partial charge in [0.15, 0.2) is 11.7 Å². The number of carboxylic acids is 1. The molecule has 148 valence electrons. The Labute approximate surface area is 168 Å². The van der Waals surface area contributed by atoms with Crippen molar-refractivity contribution >= 4 is 11.9 Å². The summed E-state index contributed by atoms with van der Waals surface area (Å²) < 4.78 is 5.87. The fourth-order valence-electron chi connectivity index (χ4n) is 3.78. The molecule has 1 aliphatic rings. The Bertz CT molecular complexity index is 1040. The van der Waals surface area contributed by atoms with E-state index in [-0.39, 0.29) is 12.3 Å². The third-order valence-electron chi connectivity index (χ3n) is 5.28. The van der Waals surface area contributed by atoms with Gasteiger partial charge in [-0.2, -0.15) is 0 Å². The number of fused-ring (bicyclic) bond motifs is 1. The highest BCUT2D eigenvalue weighted by Gasteiger charge is 2.34. The van der Waals surface area contributed by atoms with Crippen LogP contribution in [0, 0.1) is 6.92 Å². The number of oxazole rings is 1. The largest absolute Gasteiger partial charge is 0.480 e. The molecular formula is C23H22N2O4. The second-order valence-electron chi connectivity index (χ2n) is 7.24. The van der Waals surface area contributed by atoms with Crippen LogP contribution in [0.3, 0.4) is 0 Å². The first kappa shape index (κ1) is 18.9. The summed E-state index contributed by atoms with van der Waals surface area (Å²) >= 11 is 0. The van der Waals surface area contributed by atoms with Crippen molar-refractivity contribution in [2.45, 2.75) is 38.8 Å². The highest BCUT2D eigenvalue weighted by atomic mass is 16.4. The van der Waals surface area contributed by atoms with Crippen LogP contribution in [-0.2, 0) is 29.0 Å². The number of rotatable bonds is 5. The van der Waals surface area contributed by atoms with Gasteiger partial charge in [-0.25, -0.2) is 9.78 Å². The van der Waals surface area contributed by atoms with Gasteiger partial charge in [0.1, 0.15) is 6.04 Å². The van der Waals surface area contributed by atoms with Gasteiger partial charge in [-0.05, 0) is 18.1 Å². The molecule has 0 radical (unpaired) electrons. The molecule has 4 rings (SSSR count). The molecule has 6 nitrogen and oxygen atoms in total. The lowest BCUT2D eigenvalue weighted by molar-refractivity contribution is -0.151. The second kappa shape index (κ2) is 7.91. The summed E-state index contributed by atoms with van der Waals surface area (Å²) in [7, 11) is 0. The van der Waals surface area contributed by atoms with E-state index in [1.807, 2.05) is 61.5 Å². The standard InChI is InChI=1S/C23H22N2O4/c1-15-22(16-7-3-2-4-8-16)29-20(24-15)11-12-21(26)25-14-18-10-6-5-9-17(18)13-19(25)23(27)28/h2-10,19H,11-14H2,1H3,(H,27,28)/t19-/m1/s1. The average molecular weight is 390 g/mol. The highest BCUT2D eigenvalue weighted by molar-refractivity contribution is 5.84. The van der Waals surface area contributed by atoms with Crippen LogP contribution in [0.15, 0.2) is 59.0 Å². The molecule has 0 saturated carbocycles. The monoisotopic (exact) mass is 390 g/mol. The first-order valence-corrected chi connectivity index (χ1v) is 9.63. The van der Waals surface area contributed by atoms with E-state index in [0.717, 1.165) is 22.4 Å². The Hall–Kier alpha value is -3.41. The summed E-state index contributed by atoms with van der Waals surface area (Å²) in [5.41, 5.74) is 3.69. The molecule has 0 saturated heterocycles. The molecule has 29 heavy (non-hydrogen) atoms. The molecule has 0 bridgehead atoms. The number of carbonyl (C=O) groups excluding carboxylic acids is 1. The van der Waals surface area contributed by atoms with Crippen molar-refractivity contribution in [2.75, 3.05) is 0 Å². The molecule has 1 N–H and O–H groups in total. The lowest BCUT2D eigenvalue weighted by atomic mass is 9.93. The zero-order chi connectivity index (χ0) is 20.4. The number of nitrogens with zero attached hydrogens (tertiary/aromatic N) is 2. The van der Waals surface area contributed by atoms with Gasteiger partial charge in [-0.1, -0.05) is 54.6 Å². The van der Waals surface area contributed by atoms with Crippen molar-refractivity contribution < 1.29 is 19.1 Å². The average Bonchev–Trinajstić information content (AvgIpc) is 3.12. The minimum atomic E-state index is -0.980. The molecule has 2 heterocycles. The predicted octanol–water partition coefficient (Wildman–Crippen LogP) is 3.62. The molecule has 1 amide bonds. The minimum Gasteiger partial charge on any atom is -0.480 e. The zero-order valence-corrected chi connectivity index (χ0v) is 16.2. The van der Waals surface area contributed by atoms with Crippen molar-refractivity contribution in [3.8, 4) is 11.3 Å². The van der Waals surface area contributed by atoms with Gasteiger partial charge in [-0.3, -0.25) is 4.79 Å². The summed E-state index contributed by atoms with van der Waals surface area (Å²) in [6, 6.07) is 16.5. The molecule has 0 aliphatic carbocycles. The normalized spacial score (nSPS) is 15.8. The SMILES string of the molecule is Cc1nc(CCC(=O)N2Cc3ccccc3C[C@@H]2C(=O)O)oc1-c1ccccc1. The van der Waals surface area contributed by atoms with Crippen LogP contribution < -0.4 is 0 Å². The molecule has 3 aromatic rings. The molecule has 6 heteroatoms. The van der Waals surface area contributed by atoms with Crippen molar-refractivity contribution in [3.63, 3.8) is 0 Å². The Balaban J connectivity index is 1.47. The van der Waals surface area contributed by atoms with E-state index in [0.29, 0.717) is 31.0 Å². The van der Waals surface area contributed by atoms with Crippen LogP contribution in [0.2, 0.25) is 0 Å². The van der Waals surface area contributed by atoms with Gasteiger partial charge >= 0.3 is 5.97 Å². The molecule has 1 aliphatic heterocycles. The summed E-state index contributed by atoms with van der Waals surface area (Å²) in [4.78, 5) is 30.5. The number of aromatic nitrogens is 1. The van der Waals surface area contributed by atoms with E-state index < -0.39 is 12.0 Å². The quantitative estimate of drug-likeness (QED) is 0.719. The topological polar surface area (TPSA) is 83.6 Å². The lowest BCUT2D eigenvalue weighted by Gasteiger charge is -2.34. The van der Waals surface area contributed by atoms with Crippen molar-refractivity contribution in [3.05, 3.63) is 77.3 Å². The molecular weight excluding hydrogens is 368 g/mol. The molecule has 2 aromatic carbocycles. The first-order chi connectivity index (χ1) is 14.0. The van der Waals surface area contributed by atoms with Crippen LogP contribution in [0.1, 0.15) is 29.1 Å². The number of aryl methyl sites for hydroxylation is 2. The van der Waals surface area contributed by atoms with Gasteiger partial charge < -0.3 is 14.4 Å². The van der Waals surface area contributed by atoms with Crippen molar-refractivity contribution in [1.82, 2.24) is 9.88 Å². The van der Waals surface area contributed by atoms with Gasteiger partial charge in [0.05, 0.1) is 5.69 Å². The summed E-state index contributed by atoms with van der Waals surface area (Å²) in [6.07, 6.45) is 0.810. The lowest BCUT2D eigenvalue weighted by Crippen LogP contribution is -2.48. The molecule has 1 aromatic heterocycles. The van der Waals surface area contributed by atoms with Crippen LogP contribution in [0.4, 0.5) is 0 Å². The number of aliphatic carboxylic acids is 1. The Morgan fingerprint density at radius 2 is 1.79 bits per heavy atom. The zero-order valence-electron chi connectivity index (χ0n) is 16.2. The van der Waals surface area contributed by atoms with Crippen LogP contribution in [0.5, 0.6) is 0 Å². The Morgan fingerprint density at radius 3 is 2.52 bits per heavy atom. The first-order valence-electron chi connectivity index (χ1n) is 9.63. The minimum absolute atomic E-state index is 0.153. The third kappa shape index (κ3) is 3.92. The van der Waals surface area contributed by atoms with Gasteiger partial charge in [0.2, 0.25) is 5.91 Å². The second-order valence-corrected chi connectivity index (χ2v) is 7.24. The number of carbonyl (C=O) groups is 2. The summed E-state index contributed by atoms with van der Waals surface area (Å²) in [6.45, 7) is 2.19. The predicted molar refractivity (Wildman–Crippen MR) is 107 cm³/mol. The number of carboxylic acid groups (broad SMARTS) is 1. The summed E-state index contributed by atoms with van der Waals surface area (Å²) in [5, 5.41) is 9.61. The van der Waals surface area contributed by atoms with E-state index >= 15 is 0 Å². The smallest absolute Gasteiger partial charge is 0.326 e. The maximum absolute atomic E-state index is 12.9. The fourth-order valence-corrected chi connectivity index (χ4v) is 3.78. The summed E-state index contributed by atoms with van der Waals surface area (Å²) in [5.74, 6) is -0.00227. The molecule has 1 atom stereocenters. The Morgan fingerprint density at radius 1 is 1.10 bits per heavy atom. The fraction of sp³-hybridized carbons (Fsp3) is 0.261. The van der Waals surface area contributed by atoms with Crippen LogP contribution in [0.25, 0.3) is 11.3 Å². The van der Waals surface area contributed by atoms with Crippen molar-refractivity contribution in [1.29, 1.82) is 0 Å². The number of hydrogen-bond donors (Lipinski definition) is 1. The number of benzene rings is 2. The Kier molecular flexibility index (Phi) is 5.16. The van der Waals surface area contributed by atoms with Gasteiger partial charge in [0, 0.05) is 31.4 Å². The van der Waals surface area contributed by atoms with E-state index in [2.05, 4.69) is 4.98 Å². The molecule has 0 unspecified atom stereocenters. The van der Waals surface area contributed by atoms with Crippen LogP contribution in [-0.4, -0.2) is 32.9 Å². The van der Waals surface area contributed by atoms with Gasteiger partial charge in [0.25, 0.3) is 0 Å². The van der Waals surface area contributed by atoms with E-state index in [9.17, 15) is 14.7 Å².